The normalized spacial score (nSPS) is 10.2. The molecule has 0 aliphatic carbocycles. The summed E-state index contributed by atoms with van der Waals surface area (Å²) in [5.74, 6) is -0.103. The Morgan fingerprint density at radius 3 is 3.00 bits per heavy atom. The molecule has 1 N–H and O–H groups in total. The quantitative estimate of drug-likeness (QED) is 0.643. The number of carbonyl (C=O) groups excluding carboxylic acids is 1. The zero-order valence-electron chi connectivity index (χ0n) is 8.92. The van der Waals surface area contributed by atoms with Crippen LogP contribution in [-0.4, -0.2) is 15.8 Å². The first kappa shape index (κ1) is 11.4. The van der Waals surface area contributed by atoms with Crippen molar-refractivity contribution in [1.29, 1.82) is 0 Å². The van der Waals surface area contributed by atoms with Gasteiger partial charge in [0.25, 0.3) is 0 Å². The number of halogens is 1. The summed E-state index contributed by atoms with van der Waals surface area (Å²) >= 11 is 5.82. The average molecular weight is 253 g/mol. The molecule has 0 aliphatic heterocycles. The highest BCUT2D eigenvalue weighted by Crippen LogP contribution is 2.13. The van der Waals surface area contributed by atoms with E-state index in [-0.39, 0.29) is 11.7 Å². The van der Waals surface area contributed by atoms with Crippen molar-refractivity contribution in [2.24, 2.45) is 0 Å². The first-order valence-electron chi connectivity index (χ1n) is 4.79. The standard InChI is InChI=1S/C10H9ClN4O2/c1-7(16)12-10-6-14(17)15(13-10)9-4-2-3-8(11)5-9/h2-6H,1H3,(H,12,13,16). The number of anilines is 1. The van der Waals surface area contributed by atoms with Crippen molar-refractivity contribution < 1.29 is 9.64 Å². The lowest BCUT2D eigenvalue weighted by atomic mass is 10.3. The average Bonchev–Trinajstić information content (AvgIpc) is 2.58. The molecule has 0 aliphatic rings. The minimum atomic E-state index is -0.290. The van der Waals surface area contributed by atoms with E-state index in [0.717, 1.165) is 4.80 Å². The fourth-order valence-electron chi connectivity index (χ4n) is 1.34. The summed E-state index contributed by atoms with van der Waals surface area (Å²) in [5.41, 5.74) is 0.518. The molecule has 1 aromatic carbocycles. The lowest BCUT2D eigenvalue weighted by Crippen LogP contribution is -2.36. The van der Waals surface area contributed by atoms with Crippen LogP contribution in [0.1, 0.15) is 6.92 Å². The van der Waals surface area contributed by atoms with Crippen molar-refractivity contribution in [3.8, 4) is 5.69 Å². The van der Waals surface area contributed by atoms with E-state index in [1.54, 1.807) is 24.3 Å². The van der Waals surface area contributed by atoms with E-state index >= 15 is 0 Å². The highest BCUT2D eigenvalue weighted by atomic mass is 35.5. The molecule has 2 aromatic rings. The lowest BCUT2D eigenvalue weighted by molar-refractivity contribution is -0.688. The molecule has 1 amide bonds. The maximum Gasteiger partial charge on any atom is 0.315 e. The minimum Gasteiger partial charge on any atom is -0.692 e. The maximum atomic E-state index is 11.6. The second-order valence-electron chi connectivity index (χ2n) is 3.37. The van der Waals surface area contributed by atoms with Crippen LogP contribution in [0.25, 0.3) is 5.69 Å². The number of aromatic nitrogens is 3. The molecule has 0 saturated heterocycles. The number of amides is 1. The third-order valence-corrected chi connectivity index (χ3v) is 2.20. The Bertz CT molecular complexity index is 567. The number of nitrogens with zero attached hydrogens (tertiary/aromatic N) is 3. The van der Waals surface area contributed by atoms with E-state index in [1.165, 1.54) is 13.1 Å². The van der Waals surface area contributed by atoms with Crippen LogP contribution in [0.15, 0.2) is 30.5 Å². The molecule has 0 radical (unpaired) electrons. The number of hydrogen-bond acceptors (Lipinski definition) is 3. The number of nitrogens with one attached hydrogen (secondary N) is 1. The number of rotatable bonds is 2. The molecular formula is C10H9ClN4O2. The van der Waals surface area contributed by atoms with Gasteiger partial charge in [0, 0.05) is 11.9 Å². The maximum absolute atomic E-state index is 11.6. The van der Waals surface area contributed by atoms with Gasteiger partial charge in [0.2, 0.25) is 5.91 Å². The second kappa shape index (κ2) is 4.42. The van der Waals surface area contributed by atoms with Gasteiger partial charge in [-0.2, -0.15) is 4.85 Å². The fraction of sp³-hybridized carbons (Fsp3) is 0.100. The van der Waals surface area contributed by atoms with E-state index < -0.39 is 0 Å². The highest BCUT2D eigenvalue weighted by Gasteiger charge is 2.14. The van der Waals surface area contributed by atoms with Gasteiger partial charge in [-0.25, -0.2) is 0 Å². The number of hydrogen-bond donors (Lipinski definition) is 1. The first-order valence-corrected chi connectivity index (χ1v) is 5.17. The summed E-state index contributed by atoms with van der Waals surface area (Å²) in [6, 6.07) is 6.68. The molecule has 2 rings (SSSR count). The third kappa shape index (κ3) is 2.54. The van der Waals surface area contributed by atoms with E-state index in [9.17, 15) is 10.0 Å². The van der Waals surface area contributed by atoms with Crippen LogP contribution < -0.4 is 10.2 Å². The van der Waals surface area contributed by atoms with Crippen molar-refractivity contribution in [2.75, 3.05) is 5.32 Å². The van der Waals surface area contributed by atoms with Crippen LogP contribution in [0.4, 0.5) is 5.82 Å². The smallest absolute Gasteiger partial charge is 0.315 e. The third-order valence-electron chi connectivity index (χ3n) is 1.97. The Morgan fingerprint density at radius 2 is 2.35 bits per heavy atom. The molecule has 88 valence electrons. The van der Waals surface area contributed by atoms with Gasteiger partial charge < -0.3 is 5.21 Å². The van der Waals surface area contributed by atoms with E-state index in [1.807, 2.05) is 0 Å². The molecule has 0 fully saturated rings. The van der Waals surface area contributed by atoms with E-state index in [2.05, 4.69) is 10.4 Å². The Labute approximate surface area is 102 Å². The molecule has 17 heavy (non-hydrogen) atoms. The van der Waals surface area contributed by atoms with Gasteiger partial charge >= 0.3 is 5.82 Å². The minimum absolute atomic E-state index is 0.187. The predicted molar refractivity (Wildman–Crippen MR) is 61.8 cm³/mol. The van der Waals surface area contributed by atoms with Gasteiger partial charge in [-0.15, -0.1) is 0 Å². The van der Waals surface area contributed by atoms with Crippen molar-refractivity contribution in [1.82, 2.24) is 9.90 Å². The van der Waals surface area contributed by atoms with Crippen LogP contribution in [0, 0.1) is 5.21 Å². The Hall–Kier alpha value is -2.08. The van der Waals surface area contributed by atoms with Crippen molar-refractivity contribution in [2.45, 2.75) is 6.92 Å². The molecular weight excluding hydrogens is 244 g/mol. The molecule has 1 heterocycles. The summed E-state index contributed by atoms with van der Waals surface area (Å²) in [6.07, 6.45) is 1.17. The van der Waals surface area contributed by atoms with Crippen LogP contribution >= 0.6 is 11.6 Å². The Kier molecular flexibility index (Phi) is 2.97. The molecule has 0 atom stereocenters. The predicted octanol–water partition coefficient (Wildman–Crippen LogP) is 1.12. The van der Waals surface area contributed by atoms with Gasteiger partial charge in [-0.1, -0.05) is 17.7 Å². The zero-order valence-corrected chi connectivity index (χ0v) is 9.68. The summed E-state index contributed by atoms with van der Waals surface area (Å²) < 4.78 is 0. The van der Waals surface area contributed by atoms with E-state index in [4.69, 9.17) is 11.6 Å². The van der Waals surface area contributed by atoms with Gasteiger partial charge in [-0.05, 0) is 23.0 Å². The SMILES string of the molecule is CC(=O)Nc1c[n+]([O-])n(-c2cccc(Cl)c2)n1. The summed E-state index contributed by atoms with van der Waals surface area (Å²) in [7, 11) is 0. The molecule has 1 aromatic heterocycles. The van der Waals surface area contributed by atoms with Crippen molar-refractivity contribution in [3.05, 3.63) is 40.7 Å². The van der Waals surface area contributed by atoms with Gasteiger partial charge in [0.15, 0.2) is 6.20 Å². The summed E-state index contributed by atoms with van der Waals surface area (Å²) in [4.78, 5) is 12.4. The molecule has 7 heteroatoms. The molecule has 0 spiro atoms. The number of carbonyl (C=O) groups is 1. The van der Waals surface area contributed by atoms with Gasteiger partial charge in [0.1, 0.15) is 5.69 Å². The van der Waals surface area contributed by atoms with Crippen LogP contribution in [-0.2, 0) is 4.79 Å². The van der Waals surface area contributed by atoms with Crippen LogP contribution in [0.2, 0.25) is 5.02 Å². The zero-order chi connectivity index (χ0) is 12.4. The van der Waals surface area contributed by atoms with E-state index in [0.29, 0.717) is 15.6 Å². The largest absolute Gasteiger partial charge is 0.692 e. The molecule has 0 unspecified atom stereocenters. The molecule has 0 bridgehead atoms. The monoisotopic (exact) mass is 252 g/mol. The van der Waals surface area contributed by atoms with Crippen LogP contribution in [0.5, 0.6) is 0 Å². The Balaban J connectivity index is 2.39. The fourth-order valence-corrected chi connectivity index (χ4v) is 1.53. The van der Waals surface area contributed by atoms with Crippen molar-refractivity contribution >= 4 is 23.3 Å². The highest BCUT2D eigenvalue weighted by molar-refractivity contribution is 6.30. The number of benzene rings is 1. The summed E-state index contributed by atoms with van der Waals surface area (Å²) in [5, 5.41) is 18.4. The Morgan fingerprint density at radius 1 is 1.59 bits per heavy atom. The van der Waals surface area contributed by atoms with Gasteiger partial charge in [-0.3, -0.25) is 10.1 Å². The second-order valence-corrected chi connectivity index (χ2v) is 3.80. The molecule has 6 nitrogen and oxygen atoms in total. The van der Waals surface area contributed by atoms with Crippen LogP contribution in [0.3, 0.4) is 0 Å². The van der Waals surface area contributed by atoms with Gasteiger partial charge in [0.05, 0.1) is 5.10 Å². The van der Waals surface area contributed by atoms with Crippen molar-refractivity contribution in [3.63, 3.8) is 0 Å². The summed E-state index contributed by atoms with van der Waals surface area (Å²) in [6.45, 7) is 1.34. The lowest BCUT2D eigenvalue weighted by Gasteiger charge is -2.01. The topological polar surface area (TPSA) is 73.9 Å². The molecule has 0 saturated carbocycles. The first-order chi connectivity index (χ1) is 8.06.